The molecule has 2 aliphatic heterocycles. The number of nitrogens with zero attached hydrogens (tertiary/aromatic N) is 2. The quantitative estimate of drug-likeness (QED) is 0.850. The number of nitrogens with one attached hydrogen (secondary N) is 1. The lowest BCUT2D eigenvalue weighted by atomic mass is 10.0. The van der Waals surface area contributed by atoms with Crippen molar-refractivity contribution in [1.29, 1.82) is 0 Å². The van der Waals surface area contributed by atoms with Crippen LogP contribution >= 0.6 is 11.8 Å². The predicted molar refractivity (Wildman–Crippen MR) is 107 cm³/mol. The van der Waals surface area contributed by atoms with Crippen LogP contribution in [0, 0.1) is 0 Å². The minimum Gasteiger partial charge on any atom is -0.495 e. The number of carbonyl (C=O) groups is 2. The first-order valence-corrected chi connectivity index (χ1v) is 10.3. The second-order valence-corrected chi connectivity index (χ2v) is 8.25. The molecule has 1 spiro atoms. The molecular formula is C20H23N3O4S. The number of carbonyl (C=O) groups excluding carboxylic acids is 2. The van der Waals surface area contributed by atoms with E-state index < -0.39 is 0 Å². The second kappa shape index (κ2) is 7.79. The second-order valence-electron chi connectivity index (χ2n) is 6.91. The van der Waals surface area contributed by atoms with Crippen molar-refractivity contribution in [3.05, 3.63) is 48.4 Å². The molecule has 1 aromatic heterocycles. The number of piperidine rings is 1. The molecule has 0 radical (unpaired) electrons. The van der Waals surface area contributed by atoms with Gasteiger partial charge in [0.1, 0.15) is 11.5 Å². The van der Waals surface area contributed by atoms with E-state index in [1.54, 1.807) is 30.0 Å². The Hall–Kier alpha value is -2.61. The number of thioether (sulfide) groups is 1. The number of likely N-dealkylation sites (tertiary alicyclic amines) is 1. The lowest BCUT2D eigenvalue weighted by Crippen LogP contribution is -2.53. The Labute approximate surface area is 168 Å². The van der Waals surface area contributed by atoms with Gasteiger partial charge in [0.2, 0.25) is 5.91 Å². The Balaban J connectivity index is 1.40. The van der Waals surface area contributed by atoms with Crippen LogP contribution in [0.2, 0.25) is 0 Å². The standard InChI is InChI=1S/C20H23N3O4S/c1-26-17-7-3-2-6-16(17)21-19(25)22-10-8-20(9-11-22)23(18(24)14-28-20)13-15-5-4-12-27-15/h2-7,12H,8-11,13-14H2,1H3,(H,21,25). The largest absolute Gasteiger partial charge is 0.495 e. The van der Waals surface area contributed by atoms with Gasteiger partial charge in [-0.05, 0) is 37.1 Å². The monoisotopic (exact) mass is 401 g/mol. The number of furan rings is 1. The first kappa shape index (κ1) is 18.7. The molecule has 2 saturated heterocycles. The van der Waals surface area contributed by atoms with Crippen LogP contribution in [0.25, 0.3) is 0 Å². The van der Waals surface area contributed by atoms with Crippen molar-refractivity contribution in [3.8, 4) is 5.75 Å². The summed E-state index contributed by atoms with van der Waals surface area (Å²) < 4.78 is 10.7. The average molecular weight is 401 g/mol. The molecule has 1 aromatic carbocycles. The molecule has 4 rings (SSSR count). The molecule has 2 aliphatic rings. The van der Waals surface area contributed by atoms with Crippen LogP contribution in [-0.4, -0.2) is 52.6 Å². The summed E-state index contributed by atoms with van der Waals surface area (Å²) in [7, 11) is 1.58. The lowest BCUT2D eigenvalue weighted by Gasteiger charge is -2.43. The highest BCUT2D eigenvalue weighted by atomic mass is 32.2. The van der Waals surface area contributed by atoms with E-state index in [4.69, 9.17) is 9.15 Å². The van der Waals surface area contributed by atoms with Gasteiger partial charge < -0.3 is 24.3 Å². The van der Waals surface area contributed by atoms with Crippen molar-refractivity contribution in [2.75, 3.05) is 31.3 Å². The molecule has 2 aromatic rings. The van der Waals surface area contributed by atoms with Crippen LogP contribution in [0.3, 0.4) is 0 Å². The van der Waals surface area contributed by atoms with Crippen LogP contribution < -0.4 is 10.1 Å². The molecule has 7 nitrogen and oxygen atoms in total. The third-order valence-electron chi connectivity index (χ3n) is 5.33. The molecule has 28 heavy (non-hydrogen) atoms. The summed E-state index contributed by atoms with van der Waals surface area (Å²) in [5.74, 6) is 2.03. The number of hydrogen-bond donors (Lipinski definition) is 1. The van der Waals surface area contributed by atoms with Gasteiger partial charge in [0, 0.05) is 13.1 Å². The minimum atomic E-state index is -0.259. The first-order chi connectivity index (χ1) is 13.6. The van der Waals surface area contributed by atoms with Gasteiger partial charge in [0.05, 0.1) is 36.2 Å². The van der Waals surface area contributed by atoms with Crippen LogP contribution in [0.4, 0.5) is 10.5 Å². The van der Waals surface area contributed by atoms with Gasteiger partial charge in [-0.2, -0.15) is 0 Å². The molecule has 3 amide bonds. The molecule has 0 bridgehead atoms. The van der Waals surface area contributed by atoms with E-state index in [1.165, 1.54) is 0 Å². The maximum Gasteiger partial charge on any atom is 0.321 e. The van der Waals surface area contributed by atoms with E-state index >= 15 is 0 Å². The Kier molecular flexibility index (Phi) is 5.21. The van der Waals surface area contributed by atoms with Gasteiger partial charge in [-0.3, -0.25) is 4.79 Å². The number of amides is 3. The Morgan fingerprint density at radius 1 is 1.25 bits per heavy atom. The van der Waals surface area contributed by atoms with E-state index in [1.807, 2.05) is 41.3 Å². The molecule has 3 heterocycles. The fraction of sp³-hybridized carbons (Fsp3) is 0.400. The minimum absolute atomic E-state index is 0.133. The topological polar surface area (TPSA) is 75.0 Å². The maximum atomic E-state index is 12.7. The van der Waals surface area contributed by atoms with Crippen molar-refractivity contribution in [2.45, 2.75) is 24.3 Å². The third-order valence-corrected chi connectivity index (χ3v) is 6.89. The highest BCUT2D eigenvalue weighted by molar-refractivity contribution is 8.01. The molecule has 0 saturated carbocycles. The lowest BCUT2D eigenvalue weighted by molar-refractivity contribution is -0.132. The van der Waals surface area contributed by atoms with Gasteiger partial charge in [-0.25, -0.2) is 4.79 Å². The SMILES string of the molecule is COc1ccccc1NC(=O)N1CCC2(CC1)SCC(=O)N2Cc1ccco1. The highest BCUT2D eigenvalue weighted by Crippen LogP contribution is 2.45. The van der Waals surface area contributed by atoms with Gasteiger partial charge in [0.15, 0.2) is 0 Å². The number of methoxy groups -OCH3 is 1. The van der Waals surface area contributed by atoms with Crippen molar-refractivity contribution >= 4 is 29.4 Å². The maximum absolute atomic E-state index is 12.7. The fourth-order valence-corrected chi connectivity index (χ4v) is 5.13. The van der Waals surface area contributed by atoms with E-state index in [0.29, 0.717) is 36.8 Å². The number of hydrogen-bond acceptors (Lipinski definition) is 5. The fourth-order valence-electron chi connectivity index (χ4n) is 3.79. The highest BCUT2D eigenvalue weighted by Gasteiger charge is 2.48. The van der Waals surface area contributed by atoms with Gasteiger partial charge >= 0.3 is 6.03 Å². The molecule has 0 aliphatic carbocycles. The number of anilines is 1. The molecule has 1 N–H and O–H groups in total. The normalized spacial score (nSPS) is 18.5. The summed E-state index contributed by atoms with van der Waals surface area (Å²) >= 11 is 1.68. The average Bonchev–Trinajstić information content (AvgIpc) is 3.33. The smallest absolute Gasteiger partial charge is 0.321 e. The zero-order valence-electron chi connectivity index (χ0n) is 15.7. The summed E-state index contributed by atoms with van der Waals surface area (Å²) in [4.78, 5) is 28.6. The van der Waals surface area contributed by atoms with Gasteiger partial charge in [-0.15, -0.1) is 11.8 Å². The zero-order valence-corrected chi connectivity index (χ0v) is 16.5. The molecule has 148 valence electrons. The van der Waals surface area contributed by atoms with Crippen molar-refractivity contribution in [3.63, 3.8) is 0 Å². The van der Waals surface area contributed by atoms with Crippen molar-refractivity contribution in [1.82, 2.24) is 9.80 Å². The van der Waals surface area contributed by atoms with Crippen LogP contribution in [-0.2, 0) is 11.3 Å². The van der Waals surface area contributed by atoms with E-state index in [9.17, 15) is 9.59 Å². The summed E-state index contributed by atoms with van der Waals surface area (Å²) in [6.07, 6.45) is 3.10. The third kappa shape index (κ3) is 3.56. The van der Waals surface area contributed by atoms with Crippen molar-refractivity contribution < 1.29 is 18.7 Å². The summed E-state index contributed by atoms with van der Waals surface area (Å²) in [6, 6.07) is 10.9. The Bertz CT molecular complexity index is 847. The molecule has 0 atom stereocenters. The van der Waals surface area contributed by atoms with E-state index in [-0.39, 0.29) is 16.8 Å². The predicted octanol–water partition coefficient (Wildman–Crippen LogP) is 3.39. The van der Waals surface area contributed by atoms with Crippen LogP contribution in [0.1, 0.15) is 18.6 Å². The number of urea groups is 1. The van der Waals surface area contributed by atoms with E-state index in [2.05, 4.69) is 5.32 Å². The Morgan fingerprint density at radius 2 is 2.04 bits per heavy atom. The summed E-state index contributed by atoms with van der Waals surface area (Å²) in [5.41, 5.74) is 0.653. The Morgan fingerprint density at radius 3 is 2.75 bits per heavy atom. The number of benzene rings is 1. The number of ether oxygens (including phenoxy) is 1. The van der Waals surface area contributed by atoms with Crippen LogP contribution in [0.15, 0.2) is 47.1 Å². The number of para-hydroxylation sites is 2. The van der Waals surface area contributed by atoms with Crippen LogP contribution in [0.5, 0.6) is 5.75 Å². The number of rotatable bonds is 4. The summed E-state index contributed by atoms with van der Waals surface area (Å²) in [5, 5.41) is 2.93. The first-order valence-electron chi connectivity index (χ1n) is 9.27. The van der Waals surface area contributed by atoms with E-state index in [0.717, 1.165) is 18.6 Å². The molecular weight excluding hydrogens is 378 g/mol. The molecule has 0 unspecified atom stereocenters. The molecule has 2 fully saturated rings. The van der Waals surface area contributed by atoms with Gasteiger partial charge in [-0.1, -0.05) is 12.1 Å². The van der Waals surface area contributed by atoms with Crippen molar-refractivity contribution in [2.24, 2.45) is 0 Å². The van der Waals surface area contributed by atoms with Gasteiger partial charge in [0.25, 0.3) is 0 Å². The summed E-state index contributed by atoms with van der Waals surface area (Å²) in [6.45, 7) is 1.66. The zero-order chi connectivity index (χ0) is 19.6. The molecule has 8 heteroatoms.